The summed E-state index contributed by atoms with van der Waals surface area (Å²) < 4.78 is 13.4. The van der Waals surface area contributed by atoms with Gasteiger partial charge in [-0.25, -0.2) is 0 Å². The molecule has 6 heteroatoms. The van der Waals surface area contributed by atoms with E-state index in [1.807, 2.05) is 0 Å². The molecule has 5 nitrogen and oxygen atoms in total. The van der Waals surface area contributed by atoms with Gasteiger partial charge in [0.25, 0.3) is 0 Å². The Morgan fingerprint density at radius 2 is 2.33 bits per heavy atom. The van der Waals surface area contributed by atoms with E-state index in [1.54, 1.807) is 6.07 Å². The number of nitro groups is 1. The predicted octanol–water partition coefficient (Wildman–Crippen LogP) is 1.69. The van der Waals surface area contributed by atoms with Gasteiger partial charge in [0.2, 0.25) is 5.82 Å². The summed E-state index contributed by atoms with van der Waals surface area (Å²) in [5, 5.41) is 19.7. The number of halogens is 1. The topological polar surface area (TPSA) is 66.6 Å². The van der Waals surface area contributed by atoms with Crippen LogP contribution in [0, 0.1) is 15.9 Å². The lowest BCUT2D eigenvalue weighted by Crippen LogP contribution is -2.31. The zero-order chi connectivity index (χ0) is 13.1. The second kappa shape index (κ2) is 5.41. The highest BCUT2D eigenvalue weighted by Crippen LogP contribution is 2.22. The quantitative estimate of drug-likeness (QED) is 0.656. The van der Waals surface area contributed by atoms with Crippen molar-refractivity contribution in [1.29, 1.82) is 0 Å². The minimum Gasteiger partial charge on any atom is -0.395 e. The lowest BCUT2D eigenvalue weighted by atomic mass is 10.1. The van der Waals surface area contributed by atoms with Gasteiger partial charge in [0.1, 0.15) is 0 Å². The second-order valence-corrected chi connectivity index (χ2v) is 4.49. The van der Waals surface area contributed by atoms with Crippen molar-refractivity contribution >= 4 is 5.69 Å². The molecule has 18 heavy (non-hydrogen) atoms. The van der Waals surface area contributed by atoms with Gasteiger partial charge in [0, 0.05) is 18.7 Å². The molecule has 0 bridgehead atoms. The fourth-order valence-electron chi connectivity index (χ4n) is 2.34. The van der Waals surface area contributed by atoms with Crippen LogP contribution in [-0.2, 0) is 6.54 Å². The van der Waals surface area contributed by atoms with Crippen molar-refractivity contribution in [1.82, 2.24) is 4.90 Å². The van der Waals surface area contributed by atoms with Crippen LogP contribution in [0.25, 0.3) is 0 Å². The predicted molar refractivity (Wildman–Crippen MR) is 63.6 cm³/mol. The third-order valence-electron chi connectivity index (χ3n) is 3.30. The molecule has 1 aromatic carbocycles. The van der Waals surface area contributed by atoms with Gasteiger partial charge in [0.05, 0.1) is 11.5 Å². The average Bonchev–Trinajstić information content (AvgIpc) is 2.76. The van der Waals surface area contributed by atoms with Crippen molar-refractivity contribution in [3.8, 4) is 0 Å². The SMILES string of the molecule is O=[N+]([O-])c1ccc(CN2CCCC2CO)cc1F. The fourth-order valence-corrected chi connectivity index (χ4v) is 2.34. The highest BCUT2D eigenvalue weighted by Gasteiger charge is 2.24. The van der Waals surface area contributed by atoms with Gasteiger partial charge in [-0.3, -0.25) is 15.0 Å². The molecule has 0 radical (unpaired) electrons. The van der Waals surface area contributed by atoms with E-state index in [2.05, 4.69) is 4.90 Å². The Kier molecular flexibility index (Phi) is 3.88. The monoisotopic (exact) mass is 254 g/mol. The number of nitro benzene ring substituents is 1. The van der Waals surface area contributed by atoms with Crippen LogP contribution in [0.3, 0.4) is 0 Å². The van der Waals surface area contributed by atoms with Gasteiger partial charge in [-0.1, -0.05) is 6.07 Å². The number of benzene rings is 1. The Labute approximate surface area is 104 Å². The third-order valence-corrected chi connectivity index (χ3v) is 3.30. The average molecular weight is 254 g/mol. The molecule has 1 aliphatic rings. The normalized spacial score (nSPS) is 20.2. The van der Waals surface area contributed by atoms with E-state index in [1.165, 1.54) is 12.1 Å². The molecule has 0 amide bonds. The summed E-state index contributed by atoms with van der Waals surface area (Å²) in [5.41, 5.74) is 0.192. The van der Waals surface area contributed by atoms with E-state index in [9.17, 15) is 19.6 Å². The molecule has 2 rings (SSSR count). The number of hydrogen-bond acceptors (Lipinski definition) is 4. The Morgan fingerprint density at radius 1 is 1.56 bits per heavy atom. The molecule has 98 valence electrons. The molecule has 1 aromatic rings. The van der Waals surface area contributed by atoms with Crippen LogP contribution >= 0.6 is 0 Å². The Bertz CT molecular complexity index is 453. The van der Waals surface area contributed by atoms with Crippen LogP contribution in [0.1, 0.15) is 18.4 Å². The van der Waals surface area contributed by atoms with E-state index < -0.39 is 16.4 Å². The summed E-state index contributed by atoms with van der Waals surface area (Å²) >= 11 is 0. The van der Waals surface area contributed by atoms with Gasteiger partial charge in [0.15, 0.2) is 0 Å². The number of likely N-dealkylation sites (tertiary alicyclic amines) is 1. The van der Waals surface area contributed by atoms with Crippen LogP contribution in [0.4, 0.5) is 10.1 Å². The highest BCUT2D eigenvalue weighted by molar-refractivity contribution is 5.35. The Morgan fingerprint density at radius 3 is 2.94 bits per heavy atom. The summed E-state index contributed by atoms with van der Waals surface area (Å²) in [4.78, 5) is 11.8. The number of aliphatic hydroxyl groups is 1. The molecule has 1 heterocycles. The summed E-state index contributed by atoms with van der Waals surface area (Å²) in [6, 6.07) is 4.07. The van der Waals surface area contributed by atoms with Gasteiger partial charge >= 0.3 is 5.69 Å². The lowest BCUT2D eigenvalue weighted by molar-refractivity contribution is -0.387. The number of hydrogen-bond donors (Lipinski definition) is 1. The largest absolute Gasteiger partial charge is 0.395 e. The first-order chi connectivity index (χ1) is 8.61. The molecule has 1 saturated heterocycles. The van der Waals surface area contributed by atoms with Gasteiger partial charge in [-0.05, 0) is 31.0 Å². The second-order valence-electron chi connectivity index (χ2n) is 4.49. The van der Waals surface area contributed by atoms with Crippen LogP contribution in [0.5, 0.6) is 0 Å². The Balaban J connectivity index is 2.10. The van der Waals surface area contributed by atoms with E-state index in [0.717, 1.165) is 19.4 Å². The summed E-state index contributed by atoms with van der Waals surface area (Å²) in [5.74, 6) is -0.808. The molecule has 1 fully saturated rings. The zero-order valence-corrected chi connectivity index (χ0v) is 9.88. The smallest absolute Gasteiger partial charge is 0.304 e. The molecule has 1 aliphatic heterocycles. The standard InChI is InChI=1S/C12H15FN2O3/c13-11-6-9(3-4-12(11)15(17)18)7-14-5-1-2-10(14)8-16/h3-4,6,10,16H,1-2,5,7-8H2. The Hall–Kier alpha value is -1.53. The van der Waals surface area contributed by atoms with Crippen LogP contribution < -0.4 is 0 Å². The number of nitrogens with zero attached hydrogens (tertiary/aromatic N) is 2. The molecule has 1 unspecified atom stereocenters. The maximum Gasteiger partial charge on any atom is 0.304 e. The van der Waals surface area contributed by atoms with Crippen molar-refractivity contribution in [2.24, 2.45) is 0 Å². The highest BCUT2D eigenvalue weighted by atomic mass is 19.1. The van der Waals surface area contributed by atoms with Crippen LogP contribution in [0.2, 0.25) is 0 Å². The van der Waals surface area contributed by atoms with E-state index in [0.29, 0.717) is 12.1 Å². The molecule has 0 saturated carbocycles. The number of aliphatic hydroxyl groups excluding tert-OH is 1. The fraction of sp³-hybridized carbons (Fsp3) is 0.500. The van der Waals surface area contributed by atoms with Gasteiger partial charge < -0.3 is 5.11 Å². The molecule has 0 spiro atoms. The van der Waals surface area contributed by atoms with Crippen molar-refractivity contribution in [3.63, 3.8) is 0 Å². The third kappa shape index (κ3) is 2.65. The molecular weight excluding hydrogens is 239 g/mol. The van der Waals surface area contributed by atoms with Crippen LogP contribution in [0.15, 0.2) is 18.2 Å². The van der Waals surface area contributed by atoms with Crippen molar-refractivity contribution < 1.29 is 14.4 Å². The lowest BCUT2D eigenvalue weighted by Gasteiger charge is -2.22. The molecule has 1 atom stereocenters. The van der Waals surface area contributed by atoms with Gasteiger partial charge in [-0.2, -0.15) is 4.39 Å². The molecule has 1 N–H and O–H groups in total. The summed E-state index contributed by atoms with van der Waals surface area (Å²) in [6.07, 6.45) is 1.95. The van der Waals surface area contributed by atoms with Gasteiger partial charge in [-0.15, -0.1) is 0 Å². The minimum atomic E-state index is -0.808. The molecule has 0 aromatic heterocycles. The zero-order valence-electron chi connectivity index (χ0n) is 9.88. The first kappa shape index (κ1) is 12.9. The van der Waals surface area contributed by atoms with Crippen molar-refractivity contribution in [2.75, 3.05) is 13.2 Å². The molecule has 0 aliphatic carbocycles. The molecular formula is C12H15FN2O3. The maximum atomic E-state index is 13.4. The van der Waals surface area contributed by atoms with Crippen molar-refractivity contribution in [3.05, 3.63) is 39.7 Å². The van der Waals surface area contributed by atoms with Crippen molar-refractivity contribution in [2.45, 2.75) is 25.4 Å². The van der Waals surface area contributed by atoms with E-state index in [4.69, 9.17) is 0 Å². The van der Waals surface area contributed by atoms with E-state index >= 15 is 0 Å². The van der Waals surface area contributed by atoms with E-state index in [-0.39, 0.29) is 12.6 Å². The first-order valence-corrected chi connectivity index (χ1v) is 5.89. The maximum absolute atomic E-state index is 13.4. The summed E-state index contributed by atoms with van der Waals surface area (Å²) in [7, 11) is 0. The first-order valence-electron chi connectivity index (χ1n) is 5.89. The summed E-state index contributed by atoms with van der Waals surface area (Å²) in [6.45, 7) is 1.47. The van der Waals surface area contributed by atoms with Crippen LogP contribution in [-0.4, -0.2) is 34.1 Å². The number of rotatable bonds is 4. The minimum absolute atomic E-state index is 0.0927.